The zero-order chi connectivity index (χ0) is 12.8. The molecule has 0 aliphatic carbocycles. The molecular formula is C11H17ClN2O3. The molecule has 5 nitrogen and oxygen atoms in total. The molecule has 3 N–H and O–H groups in total. The van der Waals surface area contributed by atoms with Gasteiger partial charge in [0.05, 0.1) is 31.9 Å². The summed E-state index contributed by atoms with van der Waals surface area (Å²) in [4.78, 5) is 0. The second kappa shape index (κ2) is 6.66. The van der Waals surface area contributed by atoms with Gasteiger partial charge in [0.15, 0.2) is 11.5 Å². The molecule has 0 spiro atoms. The Bertz CT molecular complexity index is 374. The van der Waals surface area contributed by atoms with E-state index in [1.807, 2.05) is 6.07 Å². The van der Waals surface area contributed by atoms with Crippen molar-refractivity contribution in [1.29, 1.82) is 0 Å². The van der Waals surface area contributed by atoms with Gasteiger partial charge in [-0.15, -0.1) is 0 Å². The fourth-order valence-electron chi connectivity index (χ4n) is 1.55. The minimum absolute atomic E-state index is 0.155. The van der Waals surface area contributed by atoms with Crippen LogP contribution < -0.4 is 20.7 Å². The summed E-state index contributed by atoms with van der Waals surface area (Å²) in [6, 6.07) is 3.43. The third kappa shape index (κ3) is 3.23. The van der Waals surface area contributed by atoms with Crippen molar-refractivity contribution in [2.75, 3.05) is 27.9 Å². The number of nitrogens with one attached hydrogen (secondary N) is 1. The van der Waals surface area contributed by atoms with Gasteiger partial charge in [-0.2, -0.15) is 0 Å². The molecule has 6 heteroatoms. The Labute approximate surface area is 106 Å². The van der Waals surface area contributed by atoms with Gasteiger partial charge in [-0.25, -0.2) is 0 Å². The molecule has 96 valence electrons. The van der Waals surface area contributed by atoms with Crippen molar-refractivity contribution in [1.82, 2.24) is 5.43 Å². The van der Waals surface area contributed by atoms with E-state index in [4.69, 9.17) is 31.7 Å². The highest BCUT2D eigenvalue weighted by Crippen LogP contribution is 2.37. The van der Waals surface area contributed by atoms with Crippen LogP contribution in [-0.4, -0.2) is 27.9 Å². The first kappa shape index (κ1) is 14.1. The zero-order valence-corrected chi connectivity index (χ0v) is 10.9. The molecular weight excluding hydrogens is 244 g/mol. The van der Waals surface area contributed by atoms with Crippen LogP contribution in [0.5, 0.6) is 11.5 Å². The van der Waals surface area contributed by atoms with E-state index in [1.165, 1.54) is 7.11 Å². The van der Waals surface area contributed by atoms with Crippen molar-refractivity contribution < 1.29 is 14.2 Å². The van der Waals surface area contributed by atoms with Gasteiger partial charge in [0.2, 0.25) is 0 Å². The number of nitrogens with two attached hydrogens (primary N) is 1. The van der Waals surface area contributed by atoms with Gasteiger partial charge in [-0.3, -0.25) is 11.3 Å². The topological polar surface area (TPSA) is 65.7 Å². The van der Waals surface area contributed by atoms with E-state index in [0.717, 1.165) is 5.56 Å². The second-order valence-electron chi connectivity index (χ2n) is 3.41. The summed E-state index contributed by atoms with van der Waals surface area (Å²) in [5.41, 5.74) is 3.53. The normalized spacial score (nSPS) is 12.3. The number of halogens is 1. The summed E-state index contributed by atoms with van der Waals surface area (Å²) in [5.74, 6) is 6.52. The van der Waals surface area contributed by atoms with E-state index in [9.17, 15) is 0 Å². The van der Waals surface area contributed by atoms with Crippen LogP contribution in [0.4, 0.5) is 0 Å². The summed E-state index contributed by atoms with van der Waals surface area (Å²) in [7, 11) is 4.70. The number of rotatable bonds is 6. The Hall–Kier alpha value is -1.01. The largest absolute Gasteiger partial charge is 0.493 e. The molecule has 1 rings (SSSR count). The molecule has 0 aliphatic heterocycles. The van der Waals surface area contributed by atoms with E-state index in [1.54, 1.807) is 20.3 Å². The predicted molar refractivity (Wildman–Crippen MR) is 66.5 cm³/mol. The first-order valence-electron chi connectivity index (χ1n) is 5.04. The van der Waals surface area contributed by atoms with Gasteiger partial charge < -0.3 is 14.2 Å². The van der Waals surface area contributed by atoms with E-state index in [2.05, 4.69) is 5.43 Å². The van der Waals surface area contributed by atoms with E-state index in [0.29, 0.717) is 23.1 Å². The molecule has 0 radical (unpaired) electrons. The monoisotopic (exact) mass is 260 g/mol. The zero-order valence-electron chi connectivity index (χ0n) is 10.1. The number of ether oxygens (including phenoxy) is 3. The lowest BCUT2D eigenvalue weighted by molar-refractivity contribution is 0.167. The minimum Gasteiger partial charge on any atom is -0.493 e. The molecule has 17 heavy (non-hydrogen) atoms. The van der Waals surface area contributed by atoms with Crippen LogP contribution in [0, 0.1) is 0 Å². The van der Waals surface area contributed by atoms with Crippen LogP contribution in [0.15, 0.2) is 12.1 Å². The molecule has 0 fully saturated rings. The Kier molecular flexibility index (Phi) is 5.50. The second-order valence-corrected chi connectivity index (χ2v) is 3.82. The Balaban J connectivity index is 3.13. The predicted octanol–water partition coefficient (Wildman–Crippen LogP) is 1.51. The lowest BCUT2D eigenvalue weighted by atomic mass is 10.1. The van der Waals surface area contributed by atoms with Crippen LogP contribution in [-0.2, 0) is 4.74 Å². The average Bonchev–Trinajstić information content (AvgIpc) is 2.34. The highest BCUT2D eigenvalue weighted by atomic mass is 35.5. The molecule has 1 aromatic carbocycles. The van der Waals surface area contributed by atoms with E-state index >= 15 is 0 Å². The van der Waals surface area contributed by atoms with Gasteiger partial charge in [-0.05, 0) is 17.7 Å². The first-order chi connectivity index (χ1) is 8.17. The van der Waals surface area contributed by atoms with E-state index in [-0.39, 0.29) is 6.04 Å². The Morgan fingerprint density at radius 1 is 1.29 bits per heavy atom. The number of hydrogen-bond donors (Lipinski definition) is 2. The summed E-state index contributed by atoms with van der Waals surface area (Å²) < 4.78 is 15.4. The molecule has 1 atom stereocenters. The lowest BCUT2D eigenvalue weighted by Crippen LogP contribution is -2.31. The average molecular weight is 261 g/mol. The van der Waals surface area contributed by atoms with Crippen LogP contribution in [0.1, 0.15) is 11.6 Å². The summed E-state index contributed by atoms with van der Waals surface area (Å²) in [6.07, 6.45) is 0. The van der Waals surface area contributed by atoms with Gasteiger partial charge in [-0.1, -0.05) is 11.6 Å². The molecule has 0 amide bonds. The first-order valence-corrected chi connectivity index (χ1v) is 5.42. The van der Waals surface area contributed by atoms with Crippen LogP contribution in [0.25, 0.3) is 0 Å². The molecule has 0 aliphatic rings. The summed E-state index contributed by atoms with van der Waals surface area (Å²) in [6.45, 7) is 0.433. The quantitative estimate of drug-likeness (QED) is 0.600. The van der Waals surface area contributed by atoms with Crippen LogP contribution >= 0.6 is 11.6 Å². The molecule has 0 heterocycles. The highest BCUT2D eigenvalue weighted by molar-refractivity contribution is 6.32. The van der Waals surface area contributed by atoms with Crippen molar-refractivity contribution >= 4 is 11.6 Å². The summed E-state index contributed by atoms with van der Waals surface area (Å²) in [5, 5.41) is 0.471. The number of hydrogen-bond acceptors (Lipinski definition) is 5. The van der Waals surface area contributed by atoms with Crippen molar-refractivity contribution in [3.8, 4) is 11.5 Å². The molecule has 0 saturated carbocycles. The highest BCUT2D eigenvalue weighted by Gasteiger charge is 2.16. The van der Waals surface area contributed by atoms with Crippen molar-refractivity contribution in [3.05, 3.63) is 22.7 Å². The number of benzene rings is 1. The molecule has 1 unspecified atom stereocenters. The van der Waals surface area contributed by atoms with Crippen LogP contribution in [0.2, 0.25) is 5.02 Å². The maximum Gasteiger partial charge on any atom is 0.179 e. The SMILES string of the molecule is COCC(NN)c1cc(Cl)c(OC)c(OC)c1. The Morgan fingerprint density at radius 2 is 2.00 bits per heavy atom. The number of methoxy groups -OCH3 is 3. The third-order valence-corrected chi connectivity index (χ3v) is 2.67. The third-order valence-electron chi connectivity index (χ3n) is 2.39. The molecule has 0 aromatic heterocycles. The molecule has 1 aromatic rings. The lowest BCUT2D eigenvalue weighted by Gasteiger charge is -2.18. The van der Waals surface area contributed by atoms with Gasteiger partial charge in [0.25, 0.3) is 0 Å². The maximum absolute atomic E-state index is 6.10. The molecule has 0 bridgehead atoms. The fraction of sp³-hybridized carbons (Fsp3) is 0.455. The Morgan fingerprint density at radius 3 is 2.47 bits per heavy atom. The van der Waals surface area contributed by atoms with Crippen molar-refractivity contribution in [2.45, 2.75) is 6.04 Å². The van der Waals surface area contributed by atoms with Gasteiger partial charge in [0.1, 0.15) is 0 Å². The van der Waals surface area contributed by atoms with Gasteiger partial charge >= 0.3 is 0 Å². The van der Waals surface area contributed by atoms with Gasteiger partial charge in [0, 0.05) is 7.11 Å². The number of hydrazine groups is 1. The minimum atomic E-state index is -0.155. The van der Waals surface area contributed by atoms with Crippen LogP contribution in [0.3, 0.4) is 0 Å². The standard InChI is InChI=1S/C11H17ClN2O3/c1-15-6-9(14-13)7-4-8(12)11(17-3)10(5-7)16-2/h4-5,9,14H,6,13H2,1-3H3. The van der Waals surface area contributed by atoms with Crippen molar-refractivity contribution in [3.63, 3.8) is 0 Å². The van der Waals surface area contributed by atoms with Crippen molar-refractivity contribution in [2.24, 2.45) is 5.84 Å². The smallest absolute Gasteiger partial charge is 0.179 e. The molecule has 0 saturated heterocycles. The summed E-state index contributed by atoms with van der Waals surface area (Å²) >= 11 is 6.10. The fourth-order valence-corrected chi connectivity index (χ4v) is 1.84. The van der Waals surface area contributed by atoms with E-state index < -0.39 is 0 Å². The maximum atomic E-state index is 6.10.